The van der Waals surface area contributed by atoms with Crippen molar-refractivity contribution in [1.82, 2.24) is 5.32 Å². The highest BCUT2D eigenvalue weighted by atomic mass is 35.5. The Bertz CT molecular complexity index is 96.1. The van der Waals surface area contributed by atoms with E-state index in [0.29, 0.717) is 6.04 Å². The van der Waals surface area contributed by atoms with Gasteiger partial charge in [-0.3, -0.25) is 0 Å². The summed E-state index contributed by atoms with van der Waals surface area (Å²) in [4.78, 5) is 0. The van der Waals surface area contributed by atoms with Crippen LogP contribution in [0.5, 0.6) is 0 Å². The number of alkyl halides is 2. The third-order valence-electron chi connectivity index (χ3n) is 1.28. The van der Waals surface area contributed by atoms with Gasteiger partial charge in [-0.25, -0.2) is 0 Å². The Kier molecular flexibility index (Phi) is 4.70. The van der Waals surface area contributed by atoms with Crippen molar-refractivity contribution < 1.29 is 5.11 Å². The van der Waals surface area contributed by atoms with Crippen molar-refractivity contribution in [2.75, 3.05) is 6.54 Å². The molecular formula is C5H12BCl2NO. The van der Waals surface area contributed by atoms with Crippen LogP contribution in [0, 0.1) is 0 Å². The van der Waals surface area contributed by atoms with Crippen LogP contribution >= 0.6 is 23.2 Å². The summed E-state index contributed by atoms with van der Waals surface area (Å²) in [5, 5.41) is 11.8. The van der Waals surface area contributed by atoms with Gasteiger partial charge in [0.25, 0.3) is 0 Å². The summed E-state index contributed by atoms with van der Waals surface area (Å²) >= 11 is 10.6. The van der Waals surface area contributed by atoms with Crippen molar-refractivity contribution in [1.29, 1.82) is 0 Å². The average molecular weight is 184 g/mol. The lowest BCUT2D eigenvalue weighted by atomic mass is 9.99. The minimum absolute atomic E-state index is 0.200. The van der Waals surface area contributed by atoms with Gasteiger partial charge in [0, 0.05) is 0 Å². The zero-order valence-electron chi connectivity index (χ0n) is 6.19. The van der Waals surface area contributed by atoms with E-state index in [-0.39, 0.29) is 6.54 Å². The molecule has 2 nitrogen and oxygen atoms in total. The van der Waals surface area contributed by atoms with E-state index in [9.17, 15) is 0 Å². The Morgan fingerprint density at radius 1 is 1.70 bits per heavy atom. The van der Waals surface area contributed by atoms with Crippen molar-refractivity contribution in [2.45, 2.75) is 23.8 Å². The summed E-state index contributed by atoms with van der Waals surface area (Å²) in [6.45, 7) is 2.20. The minimum Gasteiger partial charge on any atom is -0.362 e. The van der Waals surface area contributed by atoms with Gasteiger partial charge in [-0.05, 0) is 6.04 Å². The van der Waals surface area contributed by atoms with Crippen LogP contribution in [-0.4, -0.2) is 30.1 Å². The predicted molar refractivity (Wildman–Crippen MR) is 47.5 cm³/mol. The molecular weight excluding hydrogens is 172 g/mol. The van der Waals surface area contributed by atoms with Gasteiger partial charge >= 0.3 is 0 Å². The molecule has 0 heterocycles. The lowest BCUT2D eigenvalue weighted by molar-refractivity contribution is 0.207. The first-order chi connectivity index (χ1) is 4.45. The smallest absolute Gasteiger partial charge is 0.227 e. The summed E-state index contributed by atoms with van der Waals surface area (Å²) in [6, 6.07) is 0.337. The van der Waals surface area contributed by atoms with Gasteiger partial charge in [-0.2, -0.15) is 0 Å². The molecule has 0 fully saturated rings. The van der Waals surface area contributed by atoms with Crippen molar-refractivity contribution in [2.24, 2.45) is 0 Å². The number of hydrogen-bond acceptors (Lipinski definition) is 2. The predicted octanol–water partition coefficient (Wildman–Crippen LogP) is 0.140. The van der Waals surface area contributed by atoms with Crippen LogP contribution in [0.15, 0.2) is 0 Å². The molecule has 5 heteroatoms. The molecule has 0 aliphatic rings. The molecule has 0 aliphatic carbocycles. The molecule has 0 spiro atoms. The fourth-order valence-electron chi connectivity index (χ4n) is 0.441. The fraction of sp³-hybridized carbons (Fsp3) is 1.00. The zero-order chi connectivity index (χ0) is 8.20. The van der Waals surface area contributed by atoms with E-state index in [0.717, 1.165) is 6.32 Å². The highest BCUT2D eigenvalue weighted by Crippen LogP contribution is 2.14. The van der Waals surface area contributed by atoms with Gasteiger partial charge in [0.15, 0.2) is 0 Å². The molecule has 0 aromatic carbocycles. The van der Waals surface area contributed by atoms with Gasteiger partial charge in [-0.1, -0.05) is 36.4 Å². The number of rotatable bonds is 4. The standard InChI is InChI=1S/C5H12BCl2NO/c1-4(2-6)9-3-5(7,8)10/h4,9-10H,2-3,6H2,1H3. The SMILES string of the molecule is BCC(C)NCC(O)(Cl)Cl. The van der Waals surface area contributed by atoms with E-state index in [1.54, 1.807) is 0 Å². The molecule has 0 aromatic heterocycles. The molecule has 0 saturated carbocycles. The maximum atomic E-state index is 8.83. The summed E-state index contributed by atoms with van der Waals surface area (Å²) in [5.74, 6) is 0. The Morgan fingerprint density at radius 2 is 2.20 bits per heavy atom. The first kappa shape index (κ1) is 10.6. The molecule has 1 unspecified atom stereocenters. The van der Waals surface area contributed by atoms with Gasteiger partial charge < -0.3 is 10.4 Å². The summed E-state index contributed by atoms with van der Waals surface area (Å²) < 4.78 is -1.64. The normalized spacial score (nSPS) is 15.2. The second-order valence-electron chi connectivity index (χ2n) is 2.36. The Labute approximate surface area is 72.3 Å². The second-order valence-corrected chi connectivity index (χ2v) is 3.80. The fourth-order valence-corrected chi connectivity index (χ4v) is 0.596. The number of nitrogens with one attached hydrogen (secondary N) is 1. The van der Waals surface area contributed by atoms with Gasteiger partial charge in [0.05, 0.1) is 6.54 Å². The molecule has 0 radical (unpaired) electrons. The third kappa shape index (κ3) is 6.68. The molecule has 0 aliphatic heterocycles. The van der Waals surface area contributed by atoms with Crippen LogP contribution in [0.3, 0.4) is 0 Å². The molecule has 0 amide bonds. The van der Waals surface area contributed by atoms with E-state index < -0.39 is 4.52 Å². The molecule has 2 N–H and O–H groups in total. The first-order valence-corrected chi connectivity index (χ1v) is 4.05. The van der Waals surface area contributed by atoms with Crippen LogP contribution in [0.2, 0.25) is 6.32 Å². The van der Waals surface area contributed by atoms with Gasteiger partial charge in [0.2, 0.25) is 4.52 Å². The maximum absolute atomic E-state index is 8.83. The monoisotopic (exact) mass is 183 g/mol. The van der Waals surface area contributed by atoms with E-state index in [1.807, 2.05) is 14.8 Å². The van der Waals surface area contributed by atoms with Crippen molar-refractivity contribution in [3.63, 3.8) is 0 Å². The zero-order valence-corrected chi connectivity index (χ0v) is 7.71. The van der Waals surface area contributed by atoms with Crippen molar-refractivity contribution in [3.05, 3.63) is 0 Å². The summed E-state index contributed by atoms with van der Waals surface area (Å²) in [6.07, 6.45) is 0.990. The van der Waals surface area contributed by atoms with Crippen LogP contribution in [0.1, 0.15) is 6.92 Å². The van der Waals surface area contributed by atoms with Crippen molar-refractivity contribution in [3.8, 4) is 0 Å². The van der Waals surface area contributed by atoms with Gasteiger partial charge in [-0.15, -0.1) is 0 Å². The van der Waals surface area contributed by atoms with Crippen LogP contribution in [0.25, 0.3) is 0 Å². The Balaban J connectivity index is 3.36. The molecule has 10 heavy (non-hydrogen) atoms. The van der Waals surface area contributed by atoms with Crippen molar-refractivity contribution >= 4 is 31.0 Å². The lowest BCUT2D eigenvalue weighted by Crippen LogP contribution is -2.36. The maximum Gasteiger partial charge on any atom is 0.227 e. The first-order valence-electron chi connectivity index (χ1n) is 3.29. The third-order valence-corrected chi connectivity index (χ3v) is 1.54. The van der Waals surface area contributed by atoms with Gasteiger partial charge in [0.1, 0.15) is 7.85 Å². The second kappa shape index (κ2) is 4.44. The van der Waals surface area contributed by atoms with E-state index in [4.69, 9.17) is 28.3 Å². The van der Waals surface area contributed by atoms with Crippen LogP contribution in [0.4, 0.5) is 0 Å². The van der Waals surface area contributed by atoms with Crippen LogP contribution < -0.4 is 5.32 Å². The molecule has 60 valence electrons. The van der Waals surface area contributed by atoms with Crippen LogP contribution in [-0.2, 0) is 0 Å². The molecule has 0 rings (SSSR count). The Hall–Kier alpha value is 0.565. The highest BCUT2D eigenvalue weighted by molar-refractivity contribution is 6.47. The van der Waals surface area contributed by atoms with E-state index in [2.05, 4.69) is 5.32 Å². The largest absolute Gasteiger partial charge is 0.362 e. The molecule has 0 bridgehead atoms. The summed E-state index contributed by atoms with van der Waals surface area (Å²) in [5.41, 5.74) is 0. The highest BCUT2D eigenvalue weighted by Gasteiger charge is 2.18. The molecule has 1 atom stereocenters. The molecule has 0 saturated heterocycles. The van der Waals surface area contributed by atoms with E-state index in [1.165, 1.54) is 0 Å². The number of aliphatic hydroxyl groups is 1. The minimum atomic E-state index is -1.64. The topological polar surface area (TPSA) is 32.3 Å². The summed E-state index contributed by atoms with van der Waals surface area (Å²) in [7, 11) is 2.04. The quantitative estimate of drug-likeness (QED) is 0.481. The Morgan fingerprint density at radius 3 is 2.50 bits per heavy atom. The van der Waals surface area contributed by atoms with E-state index >= 15 is 0 Å². The number of hydrogen-bond donors (Lipinski definition) is 2. The lowest BCUT2D eigenvalue weighted by Gasteiger charge is -2.16. The average Bonchev–Trinajstić information content (AvgIpc) is 1.81. The molecule has 0 aromatic rings. The number of halogens is 2.